The zero-order valence-corrected chi connectivity index (χ0v) is 9.42. The number of amides is 1. The van der Waals surface area contributed by atoms with Crippen LogP contribution in [0.1, 0.15) is 32.6 Å². The molecule has 2 saturated heterocycles. The highest BCUT2D eigenvalue weighted by atomic mass is 16.6. The van der Waals surface area contributed by atoms with Gasteiger partial charge in [0, 0.05) is 13.0 Å². The van der Waals surface area contributed by atoms with Gasteiger partial charge in [0.25, 0.3) is 0 Å². The van der Waals surface area contributed by atoms with Crippen molar-refractivity contribution >= 4 is 6.09 Å². The number of carbonyl (C=O) groups excluding carboxylic acids is 1. The summed E-state index contributed by atoms with van der Waals surface area (Å²) in [7, 11) is 0. The van der Waals surface area contributed by atoms with Crippen molar-refractivity contribution in [1.82, 2.24) is 10.2 Å². The van der Waals surface area contributed by atoms with Gasteiger partial charge in [-0.1, -0.05) is 6.42 Å². The summed E-state index contributed by atoms with van der Waals surface area (Å²) in [4.78, 5) is 13.4. The Morgan fingerprint density at radius 3 is 2.73 bits per heavy atom. The van der Waals surface area contributed by atoms with Crippen molar-refractivity contribution in [2.45, 2.75) is 38.2 Å². The van der Waals surface area contributed by atoms with Crippen LogP contribution in [0.5, 0.6) is 0 Å². The van der Waals surface area contributed by atoms with Crippen LogP contribution in [0, 0.1) is 0 Å². The lowest BCUT2D eigenvalue weighted by molar-refractivity contribution is 0.0529. The Bertz CT molecular complexity index is 239. The van der Waals surface area contributed by atoms with Crippen molar-refractivity contribution < 1.29 is 9.53 Å². The zero-order chi connectivity index (χ0) is 10.7. The Balaban J connectivity index is 1.74. The molecule has 2 aliphatic rings. The topological polar surface area (TPSA) is 41.6 Å². The van der Waals surface area contributed by atoms with E-state index >= 15 is 0 Å². The molecule has 86 valence electrons. The van der Waals surface area contributed by atoms with Gasteiger partial charge >= 0.3 is 6.09 Å². The number of piperidine rings is 1. The maximum Gasteiger partial charge on any atom is 0.407 e. The Hall–Kier alpha value is -0.770. The smallest absolute Gasteiger partial charge is 0.407 e. The molecule has 4 nitrogen and oxygen atoms in total. The van der Waals surface area contributed by atoms with Gasteiger partial charge in [-0.15, -0.1) is 0 Å². The third-order valence-electron chi connectivity index (χ3n) is 3.35. The van der Waals surface area contributed by atoms with Gasteiger partial charge in [-0.05, 0) is 32.9 Å². The summed E-state index contributed by atoms with van der Waals surface area (Å²) in [6.07, 6.45) is 4.66. The fraction of sp³-hybridized carbons (Fsp3) is 0.909. The maximum atomic E-state index is 11.0. The minimum Gasteiger partial charge on any atom is -0.441 e. The van der Waals surface area contributed by atoms with Crippen LogP contribution in [0.3, 0.4) is 0 Å². The predicted octanol–water partition coefficient (Wildman–Crippen LogP) is 1.36. The number of hydrogen-bond acceptors (Lipinski definition) is 3. The first-order valence-corrected chi connectivity index (χ1v) is 5.87. The largest absolute Gasteiger partial charge is 0.441 e. The summed E-state index contributed by atoms with van der Waals surface area (Å²) in [5.74, 6) is 0. The molecular weight excluding hydrogens is 192 g/mol. The first-order valence-electron chi connectivity index (χ1n) is 5.87. The van der Waals surface area contributed by atoms with Gasteiger partial charge in [-0.2, -0.15) is 0 Å². The van der Waals surface area contributed by atoms with Crippen molar-refractivity contribution in [3.05, 3.63) is 0 Å². The quantitative estimate of drug-likeness (QED) is 0.768. The molecule has 4 heteroatoms. The molecule has 1 unspecified atom stereocenters. The number of cyclic esters (lactones) is 1. The molecule has 2 fully saturated rings. The van der Waals surface area contributed by atoms with Crippen LogP contribution < -0.4 is 5.32 Å². The number of rotatable bonds is 3. The Labute approximate surface area is 91.0 Å². The van der Waals surface area contributed by atoms with E-state index in [0.29, 0.717) is 6.54 Å². The average molecular weight is 212 g/mol. The molecule has 2 aliphatic heterocycles. The van der Waals surface area contributed by atoms with Crippen LogP contribution in [0.2, 0.25) is 0 Å². The van der Waals surface area contributed by atoms with Gasteiger partial charge in [-0.3, -0.25) is 0 Å². The van der Waals surface area contributed by atoms with Crippen molar-refractivity contribution in [1.29, 1.82) is 0 Å². The molecule has 0 aromatic rings. The highest BCUT2D eigenvalue weighted by Crippen LogP contribution is 2.21. The van der Waals surface area contributed by atoms with E-state index in [2.05, 4.69) is 10.2 Å². The zero-order valence-electron chi connectivity index (χ0n) is 9.42. The monoisotopic (exact) mass is 212 g/mol. The van der Waals surface area contributed by atoms with Crippen molar-refractivity contribution in [2.75, 3.05) is 26.2 Å². The lowest BCUT2D eigenvalue weighted by Crippen LogP contribution is -2.37. The van der Waals surface area contributed by atoms with Crippen molar-refractivity contribution in [2.24, 2.45) is 0 Å². The van der Waals surface area contributed by atoms with E-state index in [0.717, 1.165) is 13.0 Å². The van der Waals surface area contributed by atoms with E-state index in [4.69, 9.17) is 4.74 Å². The molecule has 0 aromatic carbocycles. The van der Waals surface area contributed by atoms with Gasteiger partial charge in [0.2, 0.25) is 0 Å². The third kappa shape index (κ3) is 2.84. The molecule has 0 aromatic heterocycles. The molecule has 1 amide bonds. The summed E-state index contributed by atoms with van der Waals surface area (Å²) in [6, 6.07) is 0. The molecule has 0 radical (unpaired) electrons. The number of nitrogens with zero attached hydrogens (tertiary/aromatic N) is 1. The minimum atomic E-state index is -0.283. The first kappa shape index (κ1) is 10.7. The average Bonchev–Trinajstić information content (AvgIpc) is 2.58. The summed E-state index contributed by atoms with van der Waals surface area (Å²) < 4.78 is 5.26. The number of carbonyl (C=O) groups is 1. The van der Waals surface area contributed by atoms with E-state index in [1.54, 1.807) is 0 Å². The Morgan fingerprint density at radius 1 is 1.40 bits per heavy atom. The van der Waals surface area contributed by atoms with E-state index in [1.807, 2.05) is 6.92 Å². The second-order valence-corrected chi connectivity index (χ2v) is 4.85. The van der Waals surface area contributed by atoms with E-state index in [1.165, 1.54) is 32.4 Å². The highest BCUT2D eigenvalue weighted by Gasteiger charge is 2.35. The summed E-state index contributed by atoms with van der Waals surface area (Å²) >= 11 is 0. The number of ether oxygens (including phenoxy) is 1. The second kappa shape index (κ2) is 4.39. The van der Waals surface area contributed by atoms with E-state index in [-0.39, 0.29) is 11.7 Å². The predicted molar refractivity (Wildman–Crippen MR) is 57.8 cm³/mol. The molecule has 0 bridgehead atoms. The number of nitrogens with one attached hydrogen (secondary N) is 1. The lowest BCUT2D eigenvalue weighted by Gasteiger charge is -2.29. The molecule has 0 aliphatic carbocycles. The van der Waals surface area contributed by atoms with Gasteiger partial charge in [0.05, 0.1) is 6.54 Å². The molecule has 1 atom stereocenters. The van der Waals surface area contributed by atoms with Crippen LogP contribution in [0.15, 0.2) is 0 Å². The second-order valence-electron chi connectivity index (χ2n) is 4.85. The molecule has 1 N–H and O–H groups in total. The van der Waals surface area contributed by atoms with Crippen molar-refractivity contribution in [3.63, 3.8) is 0 Å². The van der Waals surface area contributed by atoms with Crippen LogP contribution in [0.25, 0.3) is 0 Å². The first-order chi connectivity index (χ1) is 7.18. The Kier molecular flexibility index (Phi) is 3.14. The molecule has 15 heavy (non-hydrogen) atoms. The fourth-order valence-electron chi connectivity index (χ4n) is 2.27. The summed E-state index contributed by atoms with van der Waals surface area (Å²) in [6.45, 7) is 6.12. The SMILES string of the molecule is CC1(CCN2CCCCC2)CNC(=O)O1. The highest BCUT2D eigenvalue weighted by molar-refractivity contribution is 5.70. The van der Waals surface area contributed by atoms with Crippen LogP contribution in [-0.4, -0.2) is 42.8 Å². The van der Waals surface area contributed by atoms with Gasteiger partial charge in [-0.25, -0.2) is 4.79 Å². The fourth-order valence-corrected chi connectivity index (χ4v) is 2.27. The van der Waals surface area contributed by atoms with Crippen LogP contribution in [0.4, 0.5) is 4.79 Å². The van der Waals surface area contributed by atoms with Gasteiger partial charge < -0.3 is 15.0 Å². The third-order valence-corrected chi connectivity index (χ3v) is 3.35. The molecule has 0 saturated carbocycles. The normalized spacial score (nSPS) is 32.5. The van der Waals surface area contributed by atoms with Gasteiger partial charge in [0.1, 0.15) is 5.60 Å². The number of alkyl carbamates (subject to hydrolysis) is 1. The molecule has 2 rings (SSSR count). The van der Waals surface area contributed by atoms with Crippen LogP contribution in [-0.2, 0) is 4.74 Å². The molecule has 2 heterocycles. The minimum absolute atomic E-state index is 0.267. The summed E-state index contributed by atoms with van der Waals surface area (Å²) in [5, 5.41) is 2.72. The van der Waals surface area contributed by atoms with Crippen molar-refractivity contribution in [3.8, 4) is 0 Å². The van der Waals surface area contributed by atoms with E-state index in [9.17, 15) is 4.79 Å². The summed E-state index contributed by atoms with van der Waals surface area (Å²) in [5.41, 5.74) is -0.283. The van der Waals surface area contributed by atoms with Crippen LogP contribution >= 0.6 is 0 Å². The molecule has 0 spiro atoms. The Morgan fingerprint density at radius 2 is 2.13 bits per heavy atom. The molecular formula is C11H20N2O2. The lowest BCUT2D eigenvalue weighted by atomic mass is 10.0. The number of likely N-dealkylation sites (tertiary alicyclic amines) is 1. The van der Waals surface area contributed by atoms with E-state index < -0.39 is 0 Å². The maximum absolute atomic E-state index is 11.0. The number of hydrogen-bond donors (Lipinski definition) is 1. The standard InChI is InChI=1S/C11H20N2O2/c1-11(9-12-10(14)15-11)5-8-13-6-3-2-4-7-13/h2-9H2,1H3,(H,12,14). The van der Waals surface area contributed by atoms with Gasteiger partial charge in [0.15, 0.2) is 0 Å².